The molecule has 7 heteroatoms. The van der Waals surface area contributed by atoms with Crippen molar-refractivity contribution in [3.05, 3.63) is 46.2 Å². The second-order valence-corrected chi connectivity index (χ2v) is 5.19. The van der Waals surface area contributed by atoms with Crippen molar-refractivity contribution >= 4 is 40.2 Å². The smallest absolute Gasteiger partial charge is 0.206 e. The average molecular weight is 326 g/mol. The molecule has 21 heavy (non-hydrogen) atoms. The van der Waals surface area contributed by atoms with E-state index in [2.05, 4.69) is 4.98 Å². The number of ether oxygens (including phenoxy) is 1. The lowest BCUT2D eigenvalue weighted by Gasteiger charge is -2.10. The van der Waals surface area contributed by atoms with E-state index >= 15 is 0 Å². The molecule has 0 spiro atoms. The van der Waals surface area contributed by atoms with Gasteiger partial charge < -0.3 is 10.5 Å². The molecule has 0 aliphatic rings. The molecule has 0 saturated carbocycles. The zero-order valence-corrected chi connectivity index (χ0v) is 12.4. The number of hydrogen-bond donors (Lipinski definition) is 1. The summed E-state index contributed by atoms with van der Waals surface area (Å²) in [6, 6.07) is 7.55. The Kier molecular flexibility index (Phi) is 3.39. The molecule has 3 rings (SSSR count). The van der Waals surface area contributed by atoms with Crippen LogP contribution in [0.25, 0.3) is 16.7 Å². The molecule has 0 saturated heterocycles. The van der Waals surface area contributed by atoms with Gasteiger partial charge in [-0.3, -0.25) is 4.57 Å². The standard InChI is InChI=1S/C14H10Cl2FN3O/c1-21-7-2-3-10(17)12(4-7)20-13-6-9(16)8(15)5-11(13)19-14(20)18/h2-6H,1H3,(H2,18,19). The number of fused-ring (bicyclic) bond motifs is 1. The fourth-order valence-corrected chi connectivity index (χ4v) is 2.45. The zero-order valence-electron chi connectivity index (χ0n) is 10.9. The molecule has 0 unspecified atom stereocenters. The minimum atomic E-state index is -0.451. The zero-order chi connectivity index (χ0) is 15.1. The van der Waals surface area contributed by atoms with E-state index in [9.17, 15) is 4.39 Å². The highest BCUT2D eigenvalue weighted by Gasteiger charge is 2.16. The van der Waals surface area contributed by atoms with Crippen molar-refractivity contribution in [3.8, 4) is 11.4 Å². The van der Waals surface area contributed by atoms with Crippen molar-refractivity contribution in [1.29, 1.82) is 0 Å². The topological polar surface area (TPSA) is 53.1 Å². The first-order valence-electron chi connectivity index (χ1n) is 5.98. The lowest BCUT2D eigenvalue weighted by atomic mass is 10.2. The highest BCUT2D eigenvalue weighted by molar-refractivity contribution is 6.42. The van der Waals surface area contributed by atoms with Crippen LogP contribution in [0.3, 0.4) is 0 Å². The summed E-state index contributed by atoms with van der Waals surface area (Å²) in [5.74, 6) is 0.191. The first-order valence-corrected chi connectivity index (χ1v) is 6.73. The Labute approximate surface area is 129 Å². The van der Waals surface area contributed by atoms with E-state index in [-0.39, 0.29) is 11.6 Å². The summed E-state index contributed by atoms with van der Waals surface area (Å²) in [6.45, 7) is 0. The Hall–Kier alpha value is -1.98. The predicted octanol–water partition coefficient (Wildman–Crippen LogP) is 4.06. The van der Waals surface area contributed by atoms with Gasteiger partial charge in [-0.1, -0.05) is 23.2 Å². The maximum absolute atomic E-state index is 14.1. The van der Waals surface area contributed by atoms with Crippen LogP contribution in [0.4, 0.5) is 10.3 Å². The van der Waals surface area contributed by atoms with E-state index in [4.69, 9.17) is 33.7 Å². The van der Waals surface area contributed by atoms with Crippen molar-refractivity contribution in [1.82, 2.24) is 9.55 Å². The maximum atomic E-state index is 14.1. The molecule has 0 radical (unpaired) electrons. The van der Waals surface area contributed by atoms with Gasteiger partial charge in [0.1, 0.15) is 11.6 Å². The van der Waals surface area contributed by atoms with Crippen LogP contribution in [0.5, 0.6) is 5.75 Å². The number of imidazole rings is 1. The second kappa shape index (κ2) is 5.09. The monoisotopic (exact) mass is 325 g/mol. The van der Waals surface area contributed by atoms with Crippen LogP contribution < -0.4 is 10.5 Å². The molecular formula is C14H10Cl2FN3O. The summed E-state index contributed by atoms with van der Waals surface area (Å²) in [7, 11) is 1.50. The second-order valence-electron chi connectivity index (χ2n) is 4.38. The van der Waals surface area contributed by atoms with E-state index in [1.807, 2.05) is 0 Å². The summed E-state index contributed by atoms with van der Waals surface area (Å²) in [5.41, 5.74) is 7.23. The average Bonchev–Trinajstić information content (AvgIpc) is 2.75. The van der Waals surface area contributed by atoms with Crippen LogP contribution in [0.1, 0.15) is 0 Å². The number of methoxy groups -OCH3 is 1. The third kappa shape index (κ3) is 2.28. The molecule has 0 atom stereocenters. The van der Waals surface area contributed by atoms with Gasteiger partial charge in [-0.25, -0.2) is 9.37 Å². The summed E-state index contributed by atoms with van der Waals surface area (Å²) in [4.78, 5) is 4.18. The van der Waals surface area contributed by atoms with Crippen molar-refractivity contribution in [3.63, 3.8) is 0 Å². The van der Waals surface area contributed by atoms with Crippen molar-refractivity contribution in [2.45, 2.75) is 0 Å². The maximum Gasteiger partial charge on any atom is 0.206 e. The van der Waals surface area contributed by atoms with Crippen LogP contribution in [0, 0.1) is 5.82 Å². The molecule has 0 aliphatic carbocycles. The van der Waals surface area contributed by atoms with Gasteiger partial charge in [-0.2, -0.15) is 0 Å². The largest absolute Gasteiger partial charge is 0.497 e. The lowest BCUT2D eigenvalue weighted by Crippen LogP contribution is -2.03. The molecule has 0 aliphatic heterocycles. The normalized spacial score (nSPS) is 11.0. The Bertz CT molecular complexity index is 848. The van der Waals surface area contributed by atoms with Crippen molar-refractivity contribution in [2.75, 3.05) is 12.8 Å². The Morgan fingerprint density at radius 2 is 1.90 bits per heavy atom. The fourth-order valence-electron chi connectivity index (χ4n) is 2.14. The molecule has 1 heterocycles. The molecule has 3 aromatic rings. The van der Waals surface area contributed by atoms with Gasteiger partial charge in [0, 0.05) is 6.07 Å². The number of nitrogens with zero attached hydrogens (tertiary/aromatic N) is 2. The van der Waals surface area contributed by atoms with Gasteiger partial charge in [0.05, 0.1) is 33.9 Å². The Morgan fingerprint density at radius 1 is 1.19 bits per heavy atom. The van der Waals surface area contributed by atoms with Gasteiger partial charge in [-0.05, 0) is 24.3 Å². The molecular weight excluding hydrogens is 316 g/mol. The predicted molar refractivity (Wildman–Crippen MR) is 82.0 cm³/mol. The van der Waals surface area contributed by atoms with Crippen molar-refractivity contribution in [2.24, 2.45) is 0 Å². The summed E-state index contributed by atoms with van der Waals surface area (Å²) < 4.78 is 20.7. The number of aromatic nitrogens is 2. The van der Waals surface area contributed by atoms with Gasteiger partial charge >= 0.3 is 0 Å². The number of halogens is 3. The fraction of sp³-hybridized carbons (Fsp3) is 0.0714. The number of nitrogen functional groups attached to an aromatic ring is 1. The summed E-state index contributed by atoms with van der Waals surface area (Å²) in [6.07, 6.45) is 0. The highest BCUT2D eigenvalue weighted by atomic mass is 35.5. The van der Waals surface area contributed by atoms with Crippen LogP contribution in [-0.4, -0.2) is 16.7 Å². The molecule has 2 aromatic carbocycles. The van der Waals surface area contributed by atoms with E-state index < -0.39 is 5.82 Å². The van der Waals surface area contributed by atoms with Crippen LogP contribution in [0.15, 0.2) is 30.3 Å². The van der Waals surface area contributed by atoms with Crippen LogP contribution >= 0.6 is 23.2 Å². The van der Waals surface area contributed by atoms with Gasteiger partial charge in [0.25, 0.3) is 0 Å². The Balaban J connectivity index is 2.34. The molecule has 0 fully saturated rings. The van der Waals surface area contributed by atoms with E-state index in [0.717, 1.165) is 0 Å². The summed E-state index contributed by atoms with van der Waals surface area (Å²) in [5, 5.41) is 0.702. The van der Waals surface area contributed by atoms with Gasteiger partial charge in [0.2, 0.25) is 5.95 Å². The molecule has 108 valence electrons. The van der Waals surface area contributed by atoms with Crippen molar-refractivity contribution < 1.29 is 9.13 Å². The lowest BCUT2D eigenvalue weighted by molar-refractivity contribution is 0.413. The van der Waals surface area contributed by atoms with E-state index in [1.165, 1.54) is 29.9 Å². The number of nitrogens with two attached hydrogens (primary N) is 1. The molecule has 0 amide bonds. The first-order chi connectivity index (χ1) is 10.0. The van der Waals surface area contributed by atoms with Crippen LogP contribution in [0.2, 0.25) is 10.0 Å². The SMILES string of the molecule is COc1ccc(F)c(-n2c(N)nc3cc(Cl)c(Cl)cc32)c1. The molecule has 1 aromatic heterocycles. The highest BCUT2D eigenvalue weighted by Crippen LogP contribution is 2.32. The third-order valence-corrected chi connectivity index (χ3v) is 3.84. The minimum Gasteiger partial charge on any atom is -0.497 e. The number of benzene rings is 2. The summed E-state index contributed by atoms with van der Waals surface area (Å²) >= 11 is 12.0. The van der Waals surface area contributed by atoms with E-state index in [1.54, 1.807) is 12.1 Å². The van der Waals surface area contributed by atoms with Gasteiger partial charge in [-0.15, -0.1) is 0 Å². The Morgan fingerprint density at radius 3 is 2.62 bits per heavy atom. The van der Waals surface area contributed by atoms with Crippen LogP contribution in [-0.2, 0) is 0 Å². The molecule has 0 bridgehead atoms. The van der Waals surface area contributed by atoms with Gasteiger partial charge in [0.15, 0.2) is 0 Å². The minimum absolute atomic E-state index is 0.135. The quantitative estimate of drug-likeness (QED) is 0.772. The number of rotatable bonds is 2. The first kappa shape index (κ1) is 14.0. The molecule has 4 nitrogen and oxygen atoms in total. The number of anilines is 1. The third-order valence-electron chi connectivity index (χ3n) is 3.12. The number of hydrogen-bond acceptors (Lipinski definition) is 3. The van der Waals surface area contributed by atoms with E-state index in [0.29, 0.717) is 26.8 Å². The molecule has 2 N–H and O–H groups in total.